The van der Waals surface area contributed by atoms with Crippen LogP contribution >= 0.6 is 11.6 Å². The van der Waals surface area contributed by atoms with Crippen molar-refractivity contribution in [2.24, 2.45) is 14.1 Å². The van der Waals surface area contributed by atoms with Gasteiger partial charge < -0.3 is 4.57 Å². The monoisotopic (exact) mass is 276 g/mol. The van der Waals surface area contributed by atoms with Crippen LogP contribution < -0.4 is 11.2 Å². The fourth-order valence-electron chi connectivity index (χ4n) is 2.00. The third-order valence-corrected chi connectivity index (χ3v) is 3.29. The predicted octanol–water partition coefficient (Wildman–Crippen LogP) is 0.785. The van der Waals surface area contributed by atoms with E-state index >= 15 is 0 Å². The van der Waals surface area contributed by atoms with E-state index in [1.807, 2.05) is 0 Å². The van der Waals surface area contributed by atoms with E-state index in [0.717, 1.165) is 10.1 Å². The van der Waals surface area contributed by atoms with Gasteiger partial charge in [-0.2, -0.15) is 4.98 Å². The molecule has 0 fully saturated rings. The van der Waals surface area contributed by atoms with E-state index in [2.05, 4.69) is 9.97 Å². The molecule has 0 aliphatic carbocycles. The van der Waals surface area contributed by atoms with Crippen LogP contribution in [0.15, 0.2) is 27.8 Å². The number of aromatic nitrogens is 4. The summed E-state index contributed by atoms with van der Waals surface area (Å²) in [6, 6.07) is 5.16. The minimum atomic E-state index is -0.594. The Morgan fingerprint density at radius 2 is 1.84 bits per heavy atom. The van der Waals surface area contributed by atoms with Gasteiger partial charge in [-0.25, -0.2) is 9.78 Å². The first-order valence-corrected chi connectivity index (χ1v) is 5.90. The molecule has 6 nitrogen and oxygen atoms in total. The Bertz CT molecular complexity index is 897. The molecule has 0 amide bonds. The highest BCUT2D eigenvalue weighted by Crippen LogP contribution is 2.21. The molecule has 0 N–H and O–H groups in total. The highest BCUT2D eigenvalue weighted by molar-refractivity contribution is 6.31. The van der Waals surface area contributed by atoms with Crippen LogP contribution in [-0.4, -0.2) is 19.1 Å². The normalized spacial score (nSPS) is 11.3. The molecule has 7 heteroatoms. The maximum absolute atomic E-state index is 12.0. The van der Waals surface area contributed by atoms with Crippen molar-refractivity contribution in [1.29, 1.82) is 0 Å². The molecule has 1 aromatic rings. The average Bonchev–Trinajstić information content (AvgIpc) is 2.38. The average molecular weight is 277 g/mol. The summed E-state index contributed by atoms with van der Waals surface area (Å²) in [5.74, 6) is 0.267. The predicted molar refractivity (Wildman–Crippen MR) is 71.7 cm³/mol. The zero-order chi connectivity index (χ0) is 13.7. The van der Waals surface area contributed by atoms with Crippen LogP contribution in [0.1, 0.15) is 0 Å². The fourth-order valence-corrected chi connectivity index (χ4v) is 2.16. The summed E-state index contributed by atoms with van der Waals surface area (Å²) in [5, 5.41) is 0.532. The summed E-state index contributed by atoms with van der Waals surface area (Å²) in [7, 11) is 3.10. The lowest BCUT2D eigenvalue weighted by molar-refractivity contribution is 0.748. The van der Waals surface area contributed by atoms with Gasteiger partial charge in [0.1, 0.15) is 0 Å². The standard InChI is InChI=1S/C12H9ClN4O2/c1-16-8-4-3-6(13)5-7(8)14-9-10(16)15-12(19)17(2)11(9)18/h3-5H,1-2H3. The summed E-state index contributed by atoms with van der Waals surface area (Å²) in [5.41, 5.74) is 0.423. The molecule has 2 aliphatic heterocycles. The second-order valence-corrected chi connectivity index (χ2v) is 4.67. The minimum Gasteiger partial charge on any atom is -0.325 e. The lowest BCUT2D eigenvalue weighted by Gasteiger charge is -2.13. The number of halogens is 1. The zero-order valence-corrected chi connectivity index (χ0v) is 11.0. The van der Waals surface area contributed by atoms with Crippen molar-refractivity contribution in [2.75, 3.05) is 0 Å². The number of fused-ring (bicyclic) bond motifs is 2. The highest BCUT2D eigenvalue weighted by atomic mass is 35.5. The molecule has 0 unspecified atom stereocenters. The Balaban J connectivity index is 2.62. The number of nitrogens with zero attached hydrogens (tertiary/aromatic N) is 4. The van der Waals surface area contributed by atoms with Gasteiger partial charge in [0.15, 0.2) is 11.5 Å². The van der Waals surface area contributed by atoms with E-state index in [-0.39, 0.29) is 11.5 Å². The summed E-state index contributed by atoms with van der Waals surface area (Å²) < 4.78 is 2.60. The van der Waals surface area contributed by atoms with Gasteiger partial charge in [-0.15, -0.1) is 0 Å². The molecule has 2 heterocycles. The van der Waals surface area contributed by atoms with Crippen LogP contribution in [0.5, 0.6) is 0 Å². The van der Waals surface area contributed by atoms with E-state index in [1.54, 1.807) is 29.8 Å². The van der Waals surface area contributed by atoms with Gasteiger partial charge in [-0.3, -0.25) is 9.36 Å². The number of rotatable bonds is 0. The third kappa shape index (κ3) is 1.64. The fraction of sp³-hybridized carbons (Fsp3) is 0.167. The topological polar surface area (TPSA) is 69.8 Å². The molecule has 0 aromatic heterocycles. The number of hydrogen-bond acceptors (Lipinski definition) is 4. The summed E-state index contributed by atoms with van der Waals surface area (Å²) >= 11 is 5.92. The van der Waals surface area contributed by atoms with Crippen LogP contribution in [0.25, 0.3) is 22.6 Å². The molecule has 0 atom stereocenters. The summed E-state index contributed by atoms with van der Waals surface area (Å²) in [6.45, 7) is 0. The van der Waals surface area contributed by atoms with Crippen LogP contribution in [0, 0.1) is 0 Å². The van der Waals surface area contributed by atoms with Gasteiger partial charge in [-0.05, 0) is 18.2 Å². The first-order valence-electron chi connectivity index (χ1n) is 5.52. The van der Waals surface area contributed by atoms with Crippen LogP contribution in [0.3, 0.4) is 0 Å². The Morgan fingerprint density at radius 1 is 1.11 bits per heavy atom. The molecule has 19 heavy (non-hydrogen) atoms. The SMILES string of the molecule is Cn1c(=O)nc2n(C)c3ccc(Cl)cc3nc-2c1=O. The molecule has 96 valence electrons. The Morgan fingerprint density at radius 3 is 2.58 bits per heavy atom. The van der Waals surface area contributed by atoms with Crippen molar-refractivity contribution >= 4 is 22.6 Å². The van der Waals surface area contributed by atoms with E-state index in [0.29, 0.717) is 10.5 Å². The second-order valence-electron chi connectivity index (χ2n) is 4.23. The van der Waals surface area contributed by atoms with Gasteiger partial charge >= 0.3 is 5.69 Å². The Labute approximate surface area is 112 Å². The third-order valence-electron chi connectivity index (χ3n) is 3.06. The molecule has 0 spiro atoms. The Hall–Kier alpha value is -2.21. The van der Waals surface area contributed by atoms with Gasteiger partial charge in [-0.1, -0.05) is 11.6 Å². The van der Waals surface area contributed by atoms with Gasteiger partial charge in [0.25, 0.3) is 5.56 Å². The first-order chi connectivity index (χ1) is 8.99. The van der Waals surface area contributed by atoms with Crippen LogP contribution in [0.4, 0.5) is 0 Å². The smallest absolute Gasteiger partial charge is 0.325 e. The molecule has 1 aromatic carbocycles. The molecule has 0 saturated heterocycles. The van der Waals surface area contributed by atoms with Gasteiger partial charge in [0.05, 0.1) is 11.0 Å². The Kier molecular flexibility index (Phi) is 2.43. The zero-order valence-electron chi connectivity index (χ0n) is 10.2. The largest absolute Gasteiger partial charge is 0.352 e. The van der Waals surface area contributed by atoms with Crippen molar-refractivity contribution in [2.45, 2.75) is 0 Å². The first kappa shape index (κ1) is 11.9. The van der Waals surface area contributed by atoms with Crippen molar-refractivity contribution in [1.82, 2.24) is 19.1 Å². The lowest BCUT2D eigenvalue weighted by Crippen LogP contribution is -2.36. The minimum absolute atomic E-state index is 0.152. The molecule has 3 rings (SSSR count). The molecule has 0 bridgehead atoms. The molecule has 0 radical (unpaired) electrons. The molecule has 0 saturated carbocycles. The molecule has 2 aliphatic rings. The molecular formula is C12H9ClN4O2. The number of hydrogen-bond donors (Lipinski definition) is 0. The lowest BCUT2D eigenvalue weighted by atomic mass is 10.2. The van der Waals surface area contributed by atoms with E-state index in [1.165, 1.54) is 7.05 Å². The van der Waals surface area contributed by atoms with Crippen molar-refractivity contribution < 1.29 is 0 Å². The summed E-state index contributed by atoms with van der Waals surface area (Å²) in [4.78, 5) is 31.8. The second kappa shape index (κ2) is 3.89. The summed E-state index contributed by atoms with van der Waals surface area (Å²) in [6.07, 6.45) is 0. The van der Waals surface area contributed by atoms with E-state index in [9.17, 15) is 9.59 Å². The van der Waals surface area contributed by atoms with Crippen LogP contribution in [-0.2, 0) is 14.1 Å². The van der Waals surface area contributed by atoms with Gasteiger partial charge in [0.2, 0.25) is 0 Å². The molecular weight excluding hydrogens is 268 g/mol. The van der Waals surface area contributed by atoms with E-state index in [4.69, 9.17) is 11.6 Å². The quantitative estimate of drug-likeness (QED) is 0.569. The van der Waals surface area contributed by atoms with Crippen molar-refractivity contribution in [3.8, 4) is 11.5 Å². The number of aryl methyl sites for hydroxylation is 1. The number of benzene rings is 1. The van der Waals surface area contributed by atoms with Crippen LogP contribution in [0.2, 0.25) is 5.02 Å². The maximum atomic E-state index is 12.0. The van der Waals surface area contributed by atoms with E-state index < -0.39 is 11.2 Å². The van der Waals surface area contributed by atoms with Crippen molar-refractivity contribution in [3.05, 3.63) is 44.1 Å². The maximum Gasteiger partial charge on any atom is 0.352 e. The van der Waals surface area contributed by atoms with Crippen molar-refractivity contribution in [3.63, 3.8) is 0 Å². The highest BCUT2D eigenvalue weighted by Gasteiger charge is 2.18. The van der Waals surface area contributed by atoms with Gasteiger partial charge in [0, 0.05) is 19.1 Å².